The van der Waals surface area contributed by atoms with Gasteiger partial charge in [-0.25, -0.2) is 0 Å². The highest BCUT2D eigenvalue weighted by Crippen LogP contribution is 2.25. The second kappa shape index (κ2) is 3.09. The van der Waals surface area contributed by atoms with E-state index in [4.69, 9.17) is 0 Å². The third-order valence-corrected chi connectivity index (χ3v) is 2.96. The first kappa shape index (κ1) is 8.48. The van der Waals surface area contributed by atoms with Gasteiger partial charge >= 0.3 is 0 Å². The van der Waals surface area contributed by atoms with Crippen molar-refractivity contribution in [3.8, 4) is 0 Å². The molecule has 1 atom stereocenters. The Hall–Kier alpha value is -1.83. The average Bonchev–Trinajstić information content (AvgIpc) is 2.30. The molecule has 2 heterocycles. The highest BCUT2D eigenvalue weighted by molar-refractivity contribution is 5.98. The minimum atomic E-state index is 0.113. The second-order valence-corrected chi connectivity index (χ2v) is 3.87. The van der Waals surface area contributed by atoms with Crippen molar-refractivity contribution in [2.24, 2.45) is 0 Å². The summed E-state index contributed by atoms with van der Waals surface area (Å²) in [5, 5.41) is 0. The highest BCUT2D eigenvalue weighted by atomic mass is 16.2. The molecule has 0 N–H and O–H groups in total. The van der Waals surface area contributed by atoms with Crippen LogP contribution in [0, 0.1) is 0 Å². The maximum absolute atomic E-state index is 12.1. The third kappa shape index (κ3) is 1.22. The van der Waals surface area contributed by atoms with Gasteiger partial charge in [0.15, 0.2) is 0 Å². The zero-order valence-electron chi connectivity index (χ0n) is 8.26. The van der Waals surface area contributed by atoms with Crippen molar-refractivity contribution in [1.82, 2.24) is 4.90 Å². The molecular weight excluding hydrogens is 186 g/mol. The summed E-state index contributed by atoms with van der Waals surface area (Å²) < 4.78 is 0. The predicted octanol–water partition coefficient (Wildman–Crippen LogP) is 2.14. The van der Waals surface area contributed by atoms with Crippen molar-refractivity contribution in [2.45, 2.75) is 12.5 Å². The number of nitrogens with zero attached hydrogens (tertiary/aromatic N) is 1. The summed E-state index contributed by atoms with van der Waals surface area (Å²) in [6, 6.07) is 8.05. The number of hydrogen-bond acceptors (Lipinski definition) is 1. The fourth-order valence-corrected chi connectivity index (χ4v) is 2.19. The SMILES string of the molecule is O=C1c2ccccc2C[C@@H]2C=CC=CN12. The molecule has 74 valence electrons. The molecule has 0 saturated heterocycles. The van der Waals surface area contributed by atoms with Crippen LogP contribution in [-0.4, -0.2) is 16.8 Å². The summed E-state index contributed by atoms with van der Waals surface area (Å²) in [7, 11) is 0. The molecule has 0 spiro atoms. The van der Waals surface area contributed by atoms with Gasteiger partial charge in [0.1, 0.15) is 0 Å². The van der Waals surface area contributed by atoms with E-state index in [2.05, 4.69) is 6.08 Å². The summed E-state index contributed by atoms with van der Waals surface area (Å²) in [6.07, 6.45) is 8.77. The molecule has 0 saturated carbocycles. The lowest BCUT2D eigenvalue weighted by atomic mass is 9.92. The zero-order chi connectivity index (χ0) is 10.3. The van der Waals surface area contributed by atoms with E-state index < -0.39 is 0 Å². The molecule has 1 amide bonds. The van der Waals surface area contributed by atoms with E-state index in [1.54, 1.807) is 0 Å². The molecule has 1 aromatic rings. The molecule has 0 aliphatic carbocycles. The van der Waals surface area contributed by atoms with E-state index >= 15 is 0 Å². The smallest absolute Gasteiger partial charge is 0.258 e. The van der Waals surface area contributed by atoms with E-state index in [1.165, 1.54) is 0 Å². The van der Waals surface area contributed by atoms with Gasteiger partial charge in [0.25, 0.3) is 5.91 Å². The van der Waals surface area contributed by atoms with Crippen molar-refractivity contribution in [1.29, 1.82) is 0 Å². The van der Waals surface area contributed by atoms with Crippen molar-refractivity contribution in [2.75, 3.05) is 0 Å². The Balaban J connectivity index is 2.11. The second-order valence-electron chi connectivity index (χ2n) is 3.87. The lowest BCUT2D eigenvalue weighted by Crippen LogP contribution is -2.41. The topological polar surface area (TPSA) is 20.3 Å². The Labute approximate surface area is 88.5 Å². The van der Waals surface area contributed by atoms with Gasteiger partial charge in [-0.05, 0) is 24.1 Å². The van der Waals surface area contributed by atoms with Crippen molar-refractivity contribution >= 4 is 5.91 Å². The fourth-order valence-electron chi connectivity index (χ4n) is 2.19. The molecule has 0 aromatic heterocycles. The van der Waals surface area contributed by atoms with E-state index in [-0.39, 0.29) is 11.9 Å². The van der Waals surface area contributed by atoms with Crippen molar-refractivity contribution in [3.63, 3.8) is 0 Å². The van der Waals surface area contributed by atoms with E-state index in [0.29, 0.717) is 0 Å². The van der Waals surface area contributed by atoms with Gasteiger partial charge in [-0.15, -0.1) is 0 Å². The number of amides is 1. The summed E-state index contributed by atoms with van der Waals surface area (Å²) in [5.74, 6) is 0.113. The van der Waals surface area contributed by atoms with Crippen molar-refractivity contribution in [3.05, 3.63) is 59.8 Å². The normalized spacial score (nSPS) is 22.5. The maximum Gasteiger partial charge on any atom is 0.258 e. The van der Waals surface area contributed by atoms with Crippen LogP contribution in [0.4, 0.5) is 0 Å². The largest absolute Gasteiger partial charge is 0.308 e. The quantitative estimate of drug-likeness (QED) is 0.624. The highest BCUT2D eigenvalue weighted by Gasteiger charge is 2.29. The van der Waals surface area contributed by atoms with E-state index in [9.17, 15) is 4.79 Å². The van der Waals surface area contributed by atoms with Crippen LogP contribution >= 0.6 is 0 Å². The number of allylic oxidation sites excluding steroid dienone is 2. The molecule has 0 unspecified atom stereocenters. The van der Waals surface area contributed by atoms with E-state index in [0.717, 1.165) is 17.5 Å². The Morgan fingerprint density at radius 2 is 2.07 bits per heavy atom. The lowest BCUT2D eigenvalue weighted by molar-refractivity contribution is 0.0772. The average molecular weight is 197 g/mol. The molecule has 0 radical (unpaired) electrons. The summed E-state index contributed by atoms with van der Waals surface area (Å²) in [5.41, 5.74) is 2.00. The Morgan fingerprint density at radius 3 is 3.00 bits per heavy atom. The van der Waals surface area contributed by atoms with Crippen LogP contribution in [-0.2, 0) is 6.42 Å². The minimum Gasteiger partial charge on any atom is -0.308 e. The van der Waals surface area contributed by atoms with Gasteiger partial charge in [0.2, 0.25) is 0 Å². The van der Waals surface area contributed by atoms with Crippen LogP contribution in [0.3, 0.4) is 0 Å². The number of rotatable bonds is 0. The first-order valence-electron chi connectivity index (χ1n) is 5.12. The van der Waals surface area contributed by atoms with Gasteiger partial charge in [0, 0.05) is 11.8 Å². The minimum absolute atomic E-state index is 0.113. The molecule has 2 aliphatic rings. The number of hydrogen-bond donors (Lipinski definition) is 0. The van der Waals surface area contributed by atoms with Crippen LogP contribution < -0.4 is 0 Å². The Bertz CT molecular complexity index is 473. The van der Waals surface area contributed by atoms with Gasteiger partial charge in [0.05, 0.1) is 6.04 Å². The molecule has 2 aliphatic heterocycles. The molecule has 2 heteroatoms. The first-order valence-corrected chi connectivity index (χ1v) is 5.12. The van der Waals surface area contributed by atoms with Crippen LogP contribution in [0.2, 0.25) is 0 Å². The molecule has 2 nitrogen and oxygen atoms in total. The first-order chi connectivity index (χ1) is 7.36. The van der Waals surface area contributed by atoms with E-state index in [1.807, 2.05) is 47.5 Å². The Kier molecular flexibility index (Phi) is 1.75. The molecule has 3 rings (SSSR count). The Morgan fingerprint density at radius 1 is 1.20 bits per heavy atom. The number of benzene rings is 1. The summed E-state index contributed by atoms with van der Waals surface area (Å²) in [4.78, 5) is 13.9. The van der Waals surface area contributed by atoms with Gasteiger partial charge < -0.3 is 4.90 Å². The number of carbonyl (C=O) groups is 1. The lowest BCUT2D eigenvalue weighted by Gasteiger charge is -2.33. The van der Waals surface area contributed by atoms with Crippen LogP contribution in [0.15, 0.2) is 48.7 Å². The van der Waals surface area contributed by atoms with Gasteiger partial charge in [-0.3, -0.25) is 4.79 Å². The predicted molar refractivity (Wildman–Crippen MR) is 58.4 cm³/mol. The standard InChI is InChI=1S/C13H11NO/c15-13-12-7-2-1-5-10(12)9-11-6-3-4-8-14(11)13/h1-8,11H,9H2/t11-/m0/s1. The van der Waals surface area contributed by atoms with Crippen LogP contribution in [0.25, 0.3) is 0 Å². The molecule has 15 heavy (non-hydrogen) atoms. The maximum atomic E-state index is 12.1. The summed E-state index contributed by atoms with van der Waals surface area (Å²) >= 11 is 0. The van der Waals surface area contributed by atoms with Gasteiger partial charge in [-0.2, -0.15) is 0 Å². The van der Waals surface area contributed by atoms with Crippen molar-refractivity contribution < 1.29 is 4.79 Å². The van der Waals surface area contributed by atoms with Crippen LogP contribution in [0.1, 0.15) is 15.9 Å². The number of fused-ring (bicyclic) bond motifs is 2. The molecule has 0 fully saturated rings. The molecular formula is C13H11NO. The number of carbonyl (C=O) groups excluding carboxylic acids is 1. The fraction of sp³-hybridized carbons (Fsp3) is 0.154. The molecule has 0 bridgehead atoms. The zero-order valence-corrected chi connectivity index (χ0v) is 8.26. The molecule has 1 aromatic carbocycles. The van der Waals surface area contributed by atoms with Gasteiger partial charge in [-0.1, -0.05) is 30.4 Å². The monoisotopic (exact) mass is 197 g/mol. The van der Waals surface area contributed by atoms with Crippen LogP contribution in [0.5, 0.6) is 0 Å². The summed E-state index contributed by atoms with van der Waals surface area (Å²) in [6.45, 7) is 0. The third-order valence-electron chi connectivity index (χ3n) is 2.96.